The maximum atomic E-state index is 11.0. The molecule has 1 aromatic carbocycles. The van der Waals surface area contributed by atoms with E-state index in [1.165, 1.54) is 6.07 Å². The summed E-state index contributed by atoms with van der Waals surface area (Å²) in [6.45, 7) is 0. The van der Waals surface area contributed by atoms with Gasteiger partial charge in [-0.2, -0.15) is 0 Å². The fraction of sp³-hybridized carbons (Fsp3) is 0.300. The highest BCUT2D eigenvalue weighted by Crippen LogP contribution is 2.28. The van der Waals surface area contributed by atoms with Crippen LogP contribution in [0.15, 0.2) is 18.2 Å². The summed E-state index contributed by atoms with van der Waals surface area (Å²) in [5.41, 5.74) is 0.540. The van der Waals surface area contributed by atoms with Crippen LogP contribution in [0.25, 0.3) is 0 Å². The van der Waals surface area contributed by atoms with Crippen LogP contribution >= 0.6 is 23.2 Å². The van der Waals surface area contributed by atoms with Gasteiger partial charge in [-0.25, -0.2) is 0 Å². The molecule has 1 aromatic rings. The van der Waals surface area contributed by atoms with Gasteiger partial charge in [0, 0.05) is 10.0 Å². The van der Waals surface area contributed by atoms with E-state index >= 15 is 0 Å². The van der Waals surface area contributed by atoms with Gasteiger partial charge in [-0.1, -0.05) is 29.3 Å². The van der Waals surface area contributed by atoms with Crippen molar-refractivity contribution in [1.82, 2.24) is 4.90 Å². The molecule has 1 atom stereocenters. The summed E-state index contributed by atoms with van der Waals surface area (Å²) in [5.74, 6) is -0.941. The summed E-state index contributed by atoms with van der Waals surface area (Å²) in [5, 5.41) is 9.91. The average molecular weight is 248 g/mol. The molecule has 0 aliphatic rings. The third-order valence-electron chi connectivity index (χ3n) is 2.01. The summed E-state index contributed by atoms with van der Waals surface area (Å²) in [6.07, 6.45) is 0. The molecule has 1 unspecified atom stereocenters. The fourth-order valence-corrected chi connectivity index (χ4v) is 1.87. The van der Waals surface area contributed by atoms with Gasteiger partial charge in [-0.15, -0.1) is 0 Å². The molecule has 0 spiro atoms. The SMILES string of the molecule is CN(C)C(C(=O)O)c1ccc(Cl)cc1Cl. The molecule has 0 fully saturated rings. The number of rotatable bonds is 3. The van der Waals surface area contributed by atoms with Gasteiger partial charge in [0.1, 0.15) is 6.04 Å². The topological polar surface area (TPSA) is 40.5 Å². The van der Waals surface area contributed by atoms with Crippen LogP contribution in [0.2, 0.25) is 10.0 Å². The van der Waals surface area contributed by atoms with E-state index in [0.717, 1.165) is 0 Å². The lowest BCUT2D eigenvalue weighted by Crippen LogP contribution is -2.27. The highest BCUT2D eigenvalue weighted by Gasteiger charge is 2.24. The van der Waals surface area contributed by atoms with Crippen LogP contribution in [-0.2, 0) is 4.79 Å². The first kappa shape index (κ1) is 12.3. The number of carboxylic acid groups (broad SMARTS) is 1. The van der Waals surface area contributed by atoms with Crippen LogP contribution in [0.4, 0.5) is 0 Å². The lowest BCUT2D eigenvalue weighted by molar-refractivity contribution is -0.142. The molecule has 5 heteroatoms. The second-order valence-corrected chi connectivity index (χ2v) is 4.21. The predicted molar refractivity (Wildman–Crippen MR) is 60.5 cm³/mol. The number of halogens is 2. The molecule has 1 N–H and O–H groups in total. The smallest absolute Gasteiger partial charge is 0.325 e. The molecule has 0 saturated heterocycles. The standard InChI is InChI=1S/C10H11Cl2NO2/c1-13(2)9(10(14)15)7-4-3-6(11)5-8(7)12/h3-5,9H,1-2H3,(H,14,15). The fourth-order valence-electron chi connectivity index (χ4n) is 1.36. The van der Waals surface area contributed by atoms with Crippen molar-refractivity contribution in [2.45, 2.75) is 6.04 Å². The van der Waals surface area contributed by atoms with Gasteiger partial charge in [0.15, 0.2) is 0 Å². The molecule has 0 bridgehead atoms. The molecule has 82 valence electrons. The molecule has 0 aliphatic carbocycles. The molecule has 0 amide bonds. The summed E-state index contributed by atoms with van der Waals surface area (Å²) >= 11 is 11.7. The van der Waals surface area contributed by atoms with E-state index in [1.54, 1.807) is 31.1 Å². The average Bonchev–Trinajstić information content (AvgIpc) is 2.08. The molecule has 0 heterocycles. The molecule has 1 rings (SSSR count). The van der Waals surface area contributed by atoms with E-state index in [1.807, 2.05) is 0 Å². The van der Waals surface area contributed by atoms with Crippen molar-refractivity contribution in [2.75, 3.05) is 14.1 Å². The zero-order valence-corrected chi connectivity index (χ0v) is 9.88. The number of nitrogens with zero attached hydrogens (tertiary/aromatic N) is 1. The van der Waals surface area contributed by atoms with Gasteiger partial charge in [0.2, 0.25) is 0 Å². The van der Waals surface area contributed by atoms with Crippen molar-refractivity contribution < 1.29 is 9.90 Å². The maximum Gasteiger partial charge on any atom is 0.325 e. The zero-order chi connectivity index (χ0) is 11.6. The van der Waals surface area contributed by atoms with E-state index in [9.17, 15) is 4.79 Å². The van der Waals surface area contributed by atoms with Gasteiger partial charge in [-0.05, 0) is 31.8 Å². The van der Waals surface area contributed by atoms with Gasteiger partial charge in [0.25, 0.3) is 0 Å². The highest BCUT2D eigenvalue weighted by molar-refractivity contribution is 6.35. The first-order valence-corrected chi connectivity index (χ1v) is 5.03. The van der Waals surface area contributed by atoms with Crippen molar-refractivity contribution in [2.24, 2.45) is 0 Å². The molecule has 0 aromatic heterocycles. The van der Waals surface area contributed by atoms with Gasteiger partial charge in [-0.3, -0.25) is 9.69 Å². The van der Waals surface area contributed by atoms with Crippen LogP contribution in [0.3, 0.4) is 0 Å². The Morgan fingerprint density at radius 1 is 1.40 bits per heavy atom. The number of carbonyl (C=O) groups is 1. The van der Waals surface area contributed by atoms with Gasteiger partial charge >= 0.3 is 5.97 Å². The Hall–Kier alpha value is -0.770. The number of likely N-dealkylation sites (N-methyl/N-ethyl adjacent to an activating group) is 1. The van der Waals surface area contributed by atoms with Crippen molar-refractivity contribution in [3.8, 4) is 0 Å². The minimum absolute atomic E-state index is 0.364. The van der Waals surface area contributed by atoms with Crippen LogP contribution in [0, 0.1) is 0 Å². The second kappa shape index (κ2) is 4.84. The molecule has 0 radical (unpaired) electrons. The van der Waals surface area contributed by atoms with Gasteiger partial charge < -0.3 is 5.11 Å². The quantitative estimate of drug-likeness (QED) is 0.893. The van der Waals surface area contributed by atoms with Crippen LogP contribution < -0.4 is 0 Å². The van der Waals surface area contributed by atoms with Crippen molar-refractivity contribution in [1.29, 1.82) is 0 Å². The van der Waals surface area contributed by atoms with E-state index in [-0.39, 0.29) is 0 Å². The third kappa shape index (κ3) is 2.84. The van der Waals surface area contributed by atoms with E-state index in [4.69, 9.17) is 28.3 Å². The van der Waals surface area contributed by atoms with Crippen LogP contribution in [0.5, 0.6) is 0 Å². The Labute approximate surface area is 98.2 Å². The monoisotopic (exact) mass is 247 g/mol. The highest BCUT2D eigenvalue weighted by atomic mass is 35.5. The maximum absolute atomic E-state index is 11.0. The van der Waals surface area contributed by atoms with E-state index in [0.29, 0.717) is 15.6 Å². The summed E-state index contributed by atoms with van der Waals surface area (Å²) in [4.78, 5) is 12.6. The van der Waals surface area contributed by atoms with Gasteiger partial charge in [0.05, 0.1) is 0 Å². The predicted octanol–water partition coefficient (Wildman–Crippen LogP) is 2.68. The third-order valence-corrected chi connectivity index (χ3v) is 2.57. The number of hydrogen-bond donors (Lipinski definition) is 1. The normalized spacial score (nSPS) is 12.9. The number of hydrogen-bond acceptors (Lipinski definition) is 2. The Kier molecular flexibility index (Phi) is 3.97. The number of aliphatic carboxylic acids is 1. The minimum Gasteiger partial charge on any atom is -0.480 e. The van der Waals surface area contributed by atoms with Crippen molar-refractivity contribution >= 4 is 29.2 Å². The minimum atomic E-state index is -0.941. The van der Waals surface area contributed by atoms with Crippen molar-refractivity contribution in [3.05, 3.63) is 33.8 Å². The largest absolute Gasteiger partial charge is 0.480 e. The molecular weight excluding hydrogens is 237 g/mol. The first-order valence-electron chi connectivity index (χ1n) is 4.27. The summed E-state index contributed by atoms with van der Waals surface area (Å²) in [7, 11) is 3.37. The first-order chi connectivity index (χ1) is 6.93. The lowest BCUT2D eigenvalue weighted by atomic mass is 10.1. The Balaban J connectivity index is 3.17. The second-order valence-electron chi connectivity index (χ2n) is 3.37. The Morgan fingerprint density at radius 3 is 2.40 bits per heavy atom. The van der Waals surface area contributed by atoms with Crippen LogP contribution in [-0.4, -0.2) is 30.1 Å². The molecule has 0 aliphatic heterocycles. The van der Waals surface area contributed by atoms with E-state index < -0.39 is 12.0 Å². The number of carboxylic acids is 1. The summed E-state index contributed by atoms with van der Waals surface area (Å²) in [6, 6.07) is 4.04. The lowest BCUT2D eigenvalue weighted by Gasteiger charge is -2.21. The van der Waals surface area contributed by atoms with E-state index in [2.05, 4.69) is 0 Å². The van der Waals surface area contributed by atoms with Crippen molar-refractivity contribution in [3.63, 3.8) is 0 Å². The zero-order valence-electron chi connectivity index (χ0n) is 8.37. The molecular formula is C10H11Cl2NO2. The molecule has 15 heavy (non-hydrogen) atoms. The Morgan fingerprint density at radius 2 is 2.00 bits per heavy atom. The van der Waals surface area contributed by atoms with Crippen LogP contribution in [0.1, 0.15) is 11.6 Å². The number of benzene rings is 1. The molecule has 3 nitrogen and oxygen atoms in total. The summed E-state index contributed by atoms with van der Waals surface area (Å²) < 4.78 is 0. The Bertz CT molecular complexity index is 380. The molecule has 0 saturated carbocycles.